The summed E-state index contributed by atoms with van der Waals surface area (Å²) in [5, 5.41) is 0. The molecule has 12 heteroatoms. The fraction of sp³-hybridized carbons (Fsp3) is 0.333. The number of nitrogens with two attached hydrogens (primary N) is 2. The van der Waals surface area contributed by atoms with Crippen molar-refractivity contribution < 1.29 is 36.6 Å². The summed E-state index contributed by atoms with van der Waals surface area (Å²) in [6.07, 6.45) is 7.70. The number of halogens is 4. The number of primary amides is 2. The summed E-state index contributed by atoms with van der Waals surface area (Å²) in [4.78, 5) is 31.6. The van der Waals surface area contributed by atoms with Crippen LogP contribution in [-0.2, 0) is 12.8 Å². The Kier molecular flexibility index (Phi) is 8.26. The molecule has 2 amide bonds. The summed E-state index contributed by atoms with van der Waals surface area (Å²) >= 11 is 0. The molecule has 248 valence electrons. The van der Waals surface area contributed by atoms with Crippen molar-refractivity contribution in [2.75, 3.05) is 0 Å². The molecule has 4 aliphatic rings. The Bertz CT molecular complexity index is 1810. The molecule has 48 heavy (non-hydrogen) atoms. The maximum absolute atomic E-state index is 14.2. The lowest BCUT2D eigenvalue weighted by atomic mass is 9.93. The quantitative estimate of drug-likeness (QED) is 0.229. The zero-order valence-corrected chi connectivity index (χ0v) is 25.8. The monoisotopic (exact) mass is 660 g/mol. The van der Waals surface area contributed by atoms with Gasteiger partial charge in [0.1, 0.15) is 46.9 Å². The van der Waals surface area contributed by atoms with Gasteiger partial charge in [0.15, 0.2) is 0 Å². The van der Waals surface area contributed by atoms with E-state index in [-0.39, 0.29) is 34.7 Å². The standard InChI is InChI=1S/2C18H16F2N2O2/c2*19-10-3-4-11(14(20)7-10)13-8-15(17(21)23)22-18-12(13)5-6-16(24-18)9-1-2-9/h2*3-4,7-9,16H,1-2,5-6H2,(H2,21,23)/t2*16-/m10/s1. The molecular weight excluding hydrogens is 628 g/mol. The molecule has 0 saturated heterocycles. The summed E-state index contributed by atoms with van der Waals surface area (Å²) in [7, 11) is 0. The molecule has 4 heterocycles. The number of carbonyl (C=O) groups is 2. The topological polar surface area (TPSA) is 130 Å². The van der Waals surface area contributed by atoms with Crippen LogP contribution in [0.15, 0.2) is 48.5 Å². The normalized spacial score (nSPS) is 19.5. The van der Waals surface area contributed by atoms with Crippen molar-refractivity contribution >= 4 is 11.8 Å². The summed E-state index contributed by atoms with van der Waals surface area (Å²) in [5.74, 6) is -2.37. The van der Waals surface area contributed by atoms with Crippen molar-refractivity contribution in [1.29, 1.82) is 0 Å². The molecule has 2 aromatic carbocycles. The second-order valence-corrected chi connectivity index (χ2v) is 12.7. The third-order valence-electron chi connectivity index (χ3n) is 9.30. The van der Waals surface area contributed by atoms with Gasteiger partial charge in [-0.3, -0.25) is 9.59 Å². The molecule has 2 aliphatic heterocycles. The third kappa shape index (κ3) is 6.43. The highest BCUT2D eigenvalue weighted by molar-refractivity contribution is 5.93. The molecule has 0 bridgehead atoms. The van der Waals surface area contributed by atoms with E-state index in [0.717, 1.165) is 61.8 Å². The van der Waals surface area contributed by atoms with Crippen LogP contribution in [0.3, 0.4) is 0 Å². The van der Waals surface area contributed by atoms with Gasteiger partial charge in [-0.2, -0.15) is 0 Å². The van der Waals surface area contributed by atoms with E-state index in [2.05, 4.69) is 9.97 Å². The van der Waals surface area contributed by atoms with Crippen LogP contribution in [0.2, 0.25) is 0 Å². The highest BCUT2D eigenvalue weighted by atomic mass is 19.1. The Morgan fingerprint density at radius 1 is 0.583 bits per heavy atom. The Morgan fingerprint density at radius 2 is 0.979 bits per heavy atom. The van der Waals surface area contributed by atoms with Crippen molar-refractivity contribution in [3.8, 4) is 34.0 Å². The Morgan fingerprint density at radius 3 is 1.31 bits per heavy atom. The van der Waals surface area contributed by atoms with Gasteiger partial charge in [-0.15, -0.1) is 0 Å². The lowest BCUT2D eigenvalue weighted by molar-refractivity contribution is 0.0983. The molecule has 0 radical (unpaired) electrons. The van der Waals surface area contributed by atoms with Gasteiger partial charge in [0.2, 0.25) is 11.8 Å². The average molecular weight is 661 g/mol. The number of fused-ring (bicyclic) bond motifs is 2. The number of rotatable bonds is 6. The first kappa shape index (κ1) is 31.6. The molecule has 2 atom stereocenters. The van der Waals surface area contributed by atoms with Crippen LogP contribution in [0.5, 0.6) is 11.8 Å². The van der Waals surface area contributed by atoms with Gasteiger partial charge < -0.3 is 20.9 Å². The molecule has 2 aromatic heterocycles. The van der Waals surface area contributed by atoms with Crippen molar-refractivity contribution in [3.63, 3.8) is 0 Å². The summed E-state index contributed by atoms with van der Waals surface area (Å²) < 4.78 is 66.8. The SMILES string of the molecule is NC(=O)c1cc(-c2ccc(F)cc2F)c2c(n1)O[C@@H](C1CC1)CC2.NC(=O)c1cc(-c2ccc(F)cc2F)c2c(n1)O[C@H](C1CC1)CC2. The van der Waals surface area contributed by atoms with E-state index in [1.807, 2.05) is 0 Å². The summed E-state index contributed by atoms with van der Waals surface area (Å²) in [6.45, 7) is 0. The highest BCUT2D eigenvalue weighted by Gasteiger charge is 2.38. The van der Waals surface area contributed by atoms with Gasteiger partial charge in [-0.1, -0.05) is 0 Å². The minimum Gasteiger partial charge on any atom is -0.474 e. The number of benzene rings is 2. The molecule has 2 aliphatic carbocycles. The van der Waals surface area contributed by atoms with Crippen molar-refractivity contribution in [2.45, 2.75) is 63.6 Å². The predicted molar refractivity (Wildman–Crippen MR) is 167 cm³/mol. The van der Waals surface area contributed by atoms with E-state index in [0.29, 0.717) is 47.6 Å². The van der Waals surface area contributed by atoms with Crippen LogP contribution in [0.4, 0.5) is 17.6 Å². The molecular formula is C36H32F4N4O4. The molecule has 0 unspecified atom stereocenters. The van der Waals surface area contributed by atoms with E-state index in [4.69, 9.17) is 20.9 Å². The second kappa shape index (κ2) is 12.6. The Hall–Kier alpha value is -5.00. The molecule has 4 aromatic rings. The van der Waals surface area contributed by atoms with E-state index < -0.39 is 35.1 Å². The van der Waals surface area contributed by atoms with Crippen molar-refractivity contribution in [3.05, 3.63) is 94.3 Å². The fourth-order valence-corrected chi connectivity index (χ4v) is 6.50. The first-order valence-electron chi connectivity index (χ1n) is 16.0. The van der Waals surface area contributed by atoms with E-state index in [1.165, 1.54) is 36.4 Å². The van der Waals surface area contributed by atoms with Crippen molar-refractivity contribution in [1.82, 2.24) is 9.97 Å². The summed E-state index contributed by atoms with van der Waals surface area (Å²) in [6, 6.07) is 9.65. The first-order chi connectivity index (χ1) is 23.0. The van der Waals surface area contributed by atoms with E-state index in [1.54, 1.807) is 0 Å². The molecule has 8 rings (SSSR count). The number of pyridine rings is 2. The van der Waals surface area contributed by atoms with Crippen LogP contribution in [0, 0.1) is 35.1 Å². The third-order valence-corrected chi connectivity index (χ3v) is 9.30. The van der Waals surface area contributed by atoms with Crippen LogP contribution in [0.25, 0.3) is 22.3 Å². The molecule has 4 N–H and O–H groups in total. The highest BCUT2D eigenvalue weighted by Crippen LogP contribution is 2.44. The number of amides is 2. The molecule has 2 fully saturated rings. The predicted octanol–water partition coefficient (Wildman–Crippen LogP) is 6.46. The van der Waals surface area contributed by atoms with Crippen LogP contribution < -0.4 is 20.9 Å². The van der Waals surface area contributed by atoms with Gasteiger partial charge in [-0.25, -0.2) is 27.5 Å². The molecule has 2 saturated carbocycles. The zero-order chi connectivity index (χ0) is 33.7. The Balaban J connectivity index is 0.000000152. The maximum atomic E-state index is 14.2. The average Bonchev–Trinajstić information content (AvgIpc) is 3.98. The first-order valence-corrected chi connectivity index (χ1v) is 16.0. The fourth-order valence-electron chi connectivity index (χ4n) is 6.50. The Labute approximate surface area is 273 Å². The van der Waals surface area contributed by atoms with Gasteiger partial charge in [0, 0.05) is 34.4 Å². The lowest BCUT2D eigenvalue weighted by Crippen LogP contribution is -2.27. The minimum atomic E-state index is -0.710. The van der Waals surface area contributed by atoms with Gasteiger partial charge in [0.25, 0.3) is 11.8 Å². The van der Waals surface area contributed by atoms with Crippen molar-refractivity contribution in [2.24, 2.45) is 23.3 Å². The van der Waals surface area contributed by atoms with Crippen LogP contribution in [0.1, 0.15) is 70.6 Å². The maximum Gasteiger partial charge on any atom is 0.267 e. The largest absolute Gasteiger partial charge is 0.474 e. The smallest absolute Gasteiger partial charge is 0.267 e. The number of nitrogens with zero attached hydrogens (tertiary/aromatic N) is 2. The minimum absolute atomic E-state index is 0.0175. The number of hydrogen-bond donors (Lipinski definition) is 2. The molecule has 0 spiro atoms. The summed E-state index contributed by atoms with van der Waals surface area (Å²) in [5.41, 5.74) is 13.6. The number of ether oxygens (including phenoxy) is 2. The number of hydrogen-bond acceptors (Lipinski definition) is 6. The lowest BCUT2D eigenvalue weighted by Gasteiger charge is -2.27. The van der Waals surface area contributed by atoms with Crippen LogP contribution >= 0.6 is 0 Å². The number of aromatic nitrogens is 2. The van der Waals surface area contributed by atoms with E-state index >= 15 is 0 Å². The van der Waals surface area contributed by atoms with Gasteiger partial charge in [0.05, 0.1) is 0 Å². The zero-order valence-electron chi connectivity index (χ0n) is 25.8. The van der Waals surface area contributed by atoms with Gasteiger partial charge in [-0.05, 0) is 111 Å². The van der Waals surface area contributed by atoms with Gasteiger partial charge >= 0.3 is 0 Å². The van der Waals surface area contributed by atoms with E-state index in [9.17, 15) is 27.2 Å². The molecule has 8 nitrogen and oxygen atoms in total. The number of carbonyl (C=O) groups excluding carboxylic acids is 2. The van der Waals surface area contributed by atoms with Crippen LogP contribution in [-0.4, -0.2) is 34.0 Å². The second-order valence-electron chi connectivity index (χ2n) is 12.7.